The smallest absolute Gasteiger partial charge is 0.266 e. The summed E-state index contributed by atoms with van der Waals surface area (Å²) in [7, 11) is 0. The van der Waals surface area contributed by atoms with Crippen LogP contribution in [-0.4, -0.2) is 50.6 Å². The van der Waals surface area contributed by atoms with Gasteiger partial charge in [0.1, 0.15) is 11.5 Å². The van der Waals surface area contributed by atoms with E-state index < -0.39 is 0 Å². The lowest BCUT2D eigenvalue weighted by Gasteiger charge is -2.32. The van der Waals surface area contributed by atoms with Crippen molar-refractivity contribution in [2.24, 2.45) is 11.8 Å². The van der Waals surface area contributed by atoms with E-state index in [4.69, 9.17) is 4.42 Å². The molecule has 1 aliphatic heterocycles. The first kappa shape index (κ1) is 19.4. The molecule has 0 spiro atoms. The molecule has 0 atom stereocenters. The van der Waals surface area contributed by atoms with Crippen LogP contribution in [0.4, 0.5) is 5.82 Å². The molecule has 0 aromatic carbocycles. The van der Waals surface area contributed by atoms with Gasteiger partial charge in [0.25, 0.3) is 5.89 Å². The number of likely N-dealkylation sites (tertiary alicyclic amines) is 1. The van der Waals surface area contributed by atoms with Crippen molar-refractivity contribution in [3.8, 4) is 11.6 Å². The van der Waals surface area contributed by atoms with E-state index in [0.29, 0.717) is 29.2 Å². The average molecular weight is 394 g/mol. The highest BCUT2D eigenvalue weighted by atomic mass is 16.4. The Balaban J connectivity index is 1.44. The number of aromatic nitrogens is 4. The Bertz CT molecular complexity index is 1010. The monoisotopic (exact) mass is 394 g/mol. The third kappa shape index (κ3) is 4.59. The predicted molar refractivity (Wildman–Crippen MR) is 110 cm³/mol. The van der Waals surface area contributed by atoms with Gasteiger partial charge < -0.3 is 14.6 Å². The van der Waals surface area contributed by atoms with Crippen LogP contribution in [0.3, 0.4) is 0 Å². The summed E-state index contributed by atoms with van der Waals surface area (Å²) in [6.07, 6.45) is 3.47. The maximum absolute atomic E-state index is 12.7. The highest BCUT2D eigenvalue weighted by Gasteiger charge is 2.25. The summed E-state index contributed by atoms with van der Waals surface area (Å²) in [4.78, 5) is 24.1. The number of rotatable bonds is 5. The number of fused-ring (bicyclic) bond motifs is 1. The van der Waals surface area contributed by atoms with Crippen LogP contribution in [0.5, 0.6) is 0 Å². The van der Waals surface area contributed by atoms with Crippen molar-refractivity contribution in [2.75, 3.05) is 25.0 Å². The molecule has 8 nitrogen and oxygen atoms in total. The van der Waals surface area contributed by atoms with Gasteiger partial charge in [-0.3, -0.25) is 4.79 Å². The molecule has 29 heavy (non-hydrogen) atoms. The van der Waals surface area contributed by atoms with Crippen LogP contribution in [0.15, 0.2) is 28.8 Å². The summed E-state index contributed by atoms with van der Waals surface area (Å²) in [6.45, 7) is 9.22. The number of hydrogen-bond acceptors (Lipinski definition) is 7. The highest BCUT2D eigenvalue weighted by Crippen LogP contribution is 2.23. The molecule has 4 rings (SSSR count). The molecule has 1 amide bonds. The van der Waals surface area contributed by atoms with Crippen molar-refractivity contribution < 1.29 is 9.21 Å². The van der Waals surface area contributed by atoms with Gasteiger partial charge in [-0.25, -0.2) is 9.97 Å². The molecule has 1 N–H and O–H groups in total. The number of carbonyl (C=O) groups is 1. The van der Waals surface area contributed by atoms with Gasteiger partial charge in [-0.2, -0.15) is 0 Å². The van der Waals surface area contributed by atoms with E-state index in [1.54, 1.807) is 19.2 Å². The SMILES string of the molecule is Cc1nnc(-c2ccc3cnc(NC(=O)C4CCN(CC(C)C)CC4)cc3n2)o1. The number of nitrogens with zero attached hydrogens (tertiary/aromatic N) is 5. The molecule has 0 bridgehead atoms. The average Bonchev–Trinajstić information content (AvgIpc) is 3.14. The van der Waals surface area contributed by atoms with Crippen LogP contribution in [0.1, 0.15) is 32.6 Å². The van der Waals surface area contributed by atoms with Crippen molar-refractivity contribution in [2.45, 2.75) is 33.6 Å². The Kier molecular flexibility index (Phi) is 5.53. The number of aryl methyl sites for hydroxylation is 1. The number of anilines is 1. The fraction of sp³-hybridized carbons (Fsp3) is 0.476. The van der Waals surface area contributed by atoms with Crippen LogP contribution in [-0.2, 0) is 4.79 Å². The van der Waals surface area contributed by atoms with Crippen LogP contribution in [0.2, 0.25) is 0 Å². The molecule has 1 aliphatic rings. The molecule has 0 unspecified atom stereocenters. The fourth-order valence-electron chi connectivity index (χ4n) is 3.73. The van der Waals surface area contributed by atoms with E-state index in [1.165, 1.54) is 0 Å². The summed E-state index contributed by atoms with van der Waals surface area (Å²) >= 11 is 0. The van der Waals surface area contributed by atoms with Gasteiger partial charge in [0.05, 0.1) is 5.52 Å². The van der Waals surface area contributed by atoms with E-state index in [-0.39, 0.29) is 11.8 Å². The van der Waals surface area contributed by atoms with Crippen LogP contribution < -0.4 is 5.32 Å². The fourth-order valence-corrected chi connectivity index (χ4v) is 3.73. The number of pyridine rings is 2. The zero-order valence-electron chi connectivity index (χ0n) is 17.1. The molecular formula is C21H26N6O2. The summed E-state index contributed by atoms with van der Waals surface area (Å²) in [5.74, 6) is 2.08. The van der Waals surface area contributed by atoms with Gasteiger partial charge in [0.2, 0.25) is 11.8 Å². The Morgan fingerprint density at radius 3 is 2.76 bits per heavy atom. The quantitative estimate of drug-likeness (QED) is 0.709. The first-order valence-corrected chi connectivity index (χ1v) is 10.1. The van der Waals surface area contributed by atoms with Crippen LogP contribution in [0, 0.1) is 18.8 Å². The van der Waals surface area contributed by atoms with E-state index >= 15 is 0 Å². The molecular weight excluding hydrogens is 368 g/mol. The maximum atomic E-state index is 12.7. The second-order valence-corrected chi connectivity index (χ2v) is 8.04. The van der Waals surface area contributed by atoms with E-state index in [2.05, 4.69) is 44.2 Å². The largest absolute Gasteiger partial charge is 0.420 e. The first-order chi connectivity index (χ1) is 14.0. The normalized spacial score (nSPS) is 15.9. The number of piperidine rings is 1. The third-order valence-corrected chi connectivity index (χ3v) is 5.15. The summed E-state index contributed by atoms with van der Waals surface area (Å²) < 4.78 is 5.45. The molecule has 3 aromatic rings. The van der Waals surface area contributed by atoms with Crippen LogP contribution >= 0.6 is 0 Å². The summed E-state index contributed by atoms with van der Waals surface area (Å²) in [5, 5.41) is 11.7. The van der Waals surface area contributed by atoms with E-state index in [9.17, 15) is 4.79 Å². The number of carbonyl (C=O) groups excluding carboxylic acids is 1. The summed E-state index contributed by atoms with van der Waals surface area (Å²) in [6, 6.07) is 5.51. The predicted octanol–water partition coefficient (Wildman–Crippen LogP) is 3.29. The van der Waals surface area contributed by atoms with Gasteiger partial charge in [-0.1, -0.05) is 13.8 Å². The van der Waals surface area contributed by atoms with Crippen molar-refractivity contribution >= 4 is 22.6 Å². The first-order valence-electron chi connectivity index (χ1n) is 10.1. The lowest BCUT2D eigenvalue weighted by atomic mass is 9.95. The standard InChI is InChI=1S/C21H26N6O2/c1-13(2)12-27-8-6-15(7-9-27)20(28)24-19-10-18-16(11-22-19)4-5-17(23-18)21-26-25-14(3)29-21/h4-5,10-11,13,15H,6-9,12H2,1-3H3,(H,22,24,28). The lowest BCUT2D eigenvalue weighted by Crippen LogP contribution is -2.39. The Labute approximate surface area is 169 Å². The Morgan fingerprint density at radius 2 is 2.07 bits per heavy atom. The Hall–Kier alpha value is -2.87. The van der Waals surface area contributed by atoms with Crippen molar-refractivity contribution in [3.05, 3.63) is 30.3 Å². The third-order valence-electron chi connectivity index (χ3n) is 5.15. The van der Waals surface area contributed by atoms with Gasteiger partial charge in [-0.05, 0) is 44.0 Å². The Morgan fingerprint density at radius 1 is 1.28 bits per heavy atom. The second kappa shape index (κ2) is 8.24. The molecule has 3 aromatic heterocycles. The minimum absolute atomic E-state index is 0.0246. The zero-order chi connectivity index (χ0) is 20.4. The number of nitrogens with one attached hydrogen (secondary N) is 1. The molecule has 0 saturated carbocycles. The number of hydrogen-bond donors (Lipinski definition) is 1. The molecule has 152 valence electrons. The minimum Gasteiger partial charge on any atom is -0.420 e. The molecule has 0 radical (unpaired) electrons. The van der Waals surface area contributed by atoms with Gasteiger partial charge in [-0.15, -0.1) is 10.2 Å². The van der Waals surface area contributed by atoms with Crippen LogP contribution in [0.25, 0.3) is 22.5 Å². The zero-order valence-corrected chi connectivity index (χ0v) is 17.1. The second-order valence-electron chi connectivity index (χ2n) is 8.04. The number of amides is 1. The van der Waals surface area contributed by atoms with Gasteiger partial charge in [0, 0.05) is 37.0 Å². The molecule has 1 saturated heterocycles. The molecule has 8 heteroatoms. The van der Waals surface area contributed by atoms with Crippen molar-refractivity contribution in [1.29, 1.82) is 0 Å². The van der Waals surface area contributed by atoms with Crippen molar-refractivity contribution in [3.63, 3.8) is 0 Å². The van der Waals surface area contributed by atoms with Gasteiger partial charge in [0.15, 0.2) is 0 Å². The molecule has 1 fully saturated rings. The summed E-state index contributed by atoms with van der Waals surface area (Å²) in [5.41, 5.74) is 1.31. The molecule has 0 aliphatic carbocycles. The van der Waals surface area contributed by atoms with E-state index in [1.807, 2.05) is 12.1 Å². The van der Waals surface area contributed by atoms with Crippen molar-refractivity contribution in [1.82, 2.24) is 25.1 Å². The lowest BCUT2D eigenvalue weighted by molar-refractivity contribution is -0.121. The highest BCUT2D eigenvalue weighted by molar-refractivity contribution is 5.93. The minimum atomic E-state index is 0.0246. The van der Waals surface area contributed by atoms with Gasteiger partial charge >= 0.3 is 0 Å². The van der Waals surface area contributed by atoms with E-state index in [0.717, 1.165) is 43.4 Å². The maximum Gasteiger partial charge on any atom is 0.266 e. The molecule has 4 heterocycles. The topological polar surface area (TPSA) is 97.0 Å².